The van der Waals surface area contributed by atoms with Crippen molar-refractivity contribution >= 4 is 63.1 Å². The summed E-state index contributed by atoms with van der Waals surface area (Å²) in [6.45, 7) is 0. The van der Waals surface area contributed by atoms with Crippen molar-refractivity contribution in [1.29, 1.82) is 0 Å². The molecule has 31 heavy (non-hydrogen) atoms. The molecular formula is C23H17Cl2N5S. The number of hydrogen-bond acceptors (Lipinski definition) is 4. The summed E-state index contributed by atoms with van der Waals surface area (Å²) < 4.78 is 0. The Labute approximate surface area is 194 Å². The van der Waals surface area contributed by atoms with Crippen molar-refractivity contribution in [3.8, 4) is 11.4 Å². The largest absolute Gasteiger partial charge is 0.375 e. The Morgan fingerprint density at radius 2 is 1.71 bits per heavy atom. The topological polar surface area (TPSA) is 75.9 Å². The lowest BCUT2D eigenvalue weighted by Crippen LogP contribution is -2.39. The zero-order valence-electron chi connectivity index (χ0n) is 16.1. The van der Waals surface area contributed by atoms with Gasteiger partial charge in [-0.3, -0.25) is 15.8 Å². The Morgan fingerprint density at radius 3 is 2.45 bits per heavy atom. The van der Waals surface area contributed by atoms with Crippen molar-refractivity contribution in [1.82, 2.24) is 20.8 Å². The molecule has 8 heteroatoms. The van der Waals surface area contributed by atoms with Crippen LogP contribution in [0.5, 0.6) is 0 Å². The first-order chi connectivity index (χ1) is 15.0. The molecule has 2 aromatic carbocycles. The summed E-state index contributed by atoms with van der Waals surface area (Å²) in [6, 6.07) is 21.1. The average molecular weight is 466 g/mol. The van der Waals surface area contributed by atoms with E-state index in [1.54, 1.807) is 18.3 Å². The van der Waals surface area contributed by atoms with Gasteiger partial charge in [-0.1, -0.05) is 59.6 Å². The van der Waals surface area contributed by atoms with E-state index in [1.807, 2.05) is 60.7 Å². The van der Waals surface area contributed by atoms with Gasteiger partial charge in [0, 0.05) is 17.1 Å². The third-order valence-electron chi connectivity index (χ3n) is 4.53. The third-order valence-corrected chi connectivity index (χ3v) is 5.37. The number of nitrogens with zero attached hydrogens (tertiary/aromatic N) is 2. The summed E-state index contributed by atoms with van der Waals surface area (Å²) >= 11 is 17.3. The first kappa shape index (κ1) is 21.1. The van der Waals surface area contributed by atoms with Gasteiger partial charge >= 0.3 is 0 Å². The molecule has 4 N–H and O–H groups in total. The van der Waals surface area contributed by atoms with Crippen LogP contribution in [0.25, 0.3) is 33.9 Å². The molecule has 5 nitrogen and oxygen atoms in total. The quantitative estimate of drug-likeness (QED) is 0.269. The molecule has 2 heterocycles. The van der Waals surface area contributed by atoms with Crippen LogP contribution in [0.2, 0.25) is 10.0 Å². The van der Waals surface area contributed by atoms with Crippen molar-refractivity contribution in [2.45, 2.75) is 0 Å². The molecule has 154 valence electrons. The number of fused-ring (bicyclic) bond motifs is 1. The van der Waals surface area contributed by atoms with E-state index >= 15 is 0 Å². The smallest absolute Gasteiger partial charge is 0.182 e. The van der Waals surface area contributed by atoms with Crippen molar-refractivity contribution in [3.05, 3.63) is 94.2 Å². The first-order valence-electron chi connectivity index (χ1n) is 9.31. The van der Waals surface area contributed by atoms with Gasteiger partial charge in [-0.05, 0) is 54.0 Å². The molecule has 0 aliphatic rings. The minimum Gasteiger partial charge on any atom is -0.375 e. The highest BCUT2D eigenvalue weighted by Gasteiger charge is 2.11. The molecule has 2 aromatic heterocycles. The molecule has 0 aliphatic heterocycles. The maximum Gasteiger partial charge on any atom is 0.182 e. The van der Waals surface area contributed by atoms with Crippen LogP contribution in [-0.4, -0.2) is 15.1 Å². The van der Waals surface area contributed by atoms with E-state index in [0.29, 0.717) is 15.7 Å². The van der Waals surface area contributed by atoms with Crippen molar-refractivity contribution < 1.29 is 0 Å². The Bertz CT molecular complexity index is 1290. The predicted octanol–water partition coefficient (Wildman–Crippen LogP) is 5.44. The van der Waals surface area contributed by atoms with Crippen molar-refractivity contribution in [2.24, 2.45) is 5.73 Å². The second kappa shape index (κ2) is 9.31. The fraction of sp³-hybridized carbons (Fsp3) is 0. The second-order valence-corrected chi connectivity index (χ2v) is 7.88. The van der Waals surface area contributed by atoms with Gasteiger partial charge in [0.2, 0.25) is 0 Å². The molecular weight excluding hydrogens is 449 g/mol. The van der Waals surface area contributed by atoms with Crippen LogP contribution in [0.4, 0.5) is 0 Å². The van der Waals surface area contributed by atoms with Gasteiger partial charge in [0.1, 0.15) is 0 Å². The number of rotatable bonds is 5. The SMILES string of the molecule is NC(=S)NN/C(=C\c1nc(-c2ccccn2)cc2ccccc12)c1ccc(Cl)c(Cl)c1. The van der Waals surface area contributed by atoms with Crippen LogP contribution >= 0.6 is 35.4 Å². The number of benzene rings is 2. The van der Waals surface area contributed by atoms with Crippen molar-refractivity contribution in [3.63, 3.8) is 0 Å². The van der Waals surface area contributed by atoms with Crippen LogP contribution in [0.3, 0.4) is 0 Å². The highest BCUT2D eigenvalue weighted by atomic mass is 35.5. The summed E-state index contributed by atoms with van der Waals surface area (Å²) in [6.07, 6.45) is 3.65. The standard InChI is InChI=1S/C23H17Cl2N5S/c24-17-9-8-15(11-18(17)25)20(29-30-23(26)31)13-21-16-6-2-1-5-14(16)12-22(28-21)19-7-3-4-10-27-19/h1-13,29H,(H3,26,30,31)/b20-13-. The third kappa shape index (κ3) is 4.94. The number of thiocarbonyl (C=S) groups is 1. The fourth-order valence-electron chi connectivity index (χ4n) is 3.10. The lowest BCUT2D eigenvalue weighted by molar-refractivity contribution is 0.847. The van der Waals surface area contributed by atoms with E-state index in [4.69, 9.17) is 46.1 Å². The predicted molar refractivity (Wildman–Crippen MR) is 132 cm³/mol. The second-order valence-electron chi connectivity index (χ2n) is 6.63. The highest BCUT2D eigenvalue weighted by Crippen LogP contribution is 2.29. The summed E-state index contributed by atoms with van der Waals surface area (Å²) in [7, 11) is 0. The molecule has 4 rings (SSSR count). The molecule has 0 bridgehead atoms. The van der Waals surface area contributed by atoms with Gasteiger partial charge in [-0.15, -0.1) is 0 Å². The Balaban J connectivity index is 1.90. The van der Waals surface area contributed by atoms with Gasteiger partial charge in [0.25, 0.3) is 0 Å². The van der Waals surface area contributed by atoms with E-state index in [0.717, 1.165) is 33.4 Å². The zero-order valence-corrected chi connectivity index (χ0v) is 18.5. The lowest BCUT2D eigenvalue weighted by atomic mass is 10.0. The molecule has 0 amide bonds. The van der Waals surface area contributed by atoms with Crippen molar-refractivity contribution in [2.75, 3.05) is 0 Å². The summed E-state index contributed by atoms with van der Waals surface area (Å²) in [5.41, 5.74) is 15.2. The van der Waals surface area contributed by atoms with E-state index < -0.39 is 0 Å². The van der Waals surface area contributed by atoms with Gasteiger partial charge in [-0.25, -0.2) is 4.98 Å². The Hall–Kier alpha value is -3.19. The maximum atomic E-state index is 6.24. The number of aromatic nitrogens is 2. The number of hydrazine groups is 1. The van der Waals surface area contributed by atoms with Crippen LogP contribution in [-0.2, 0) is 0 Å². The van der Waals surface area contributed by atoms with Gasteiger partial charge in [0.05, 0.1) is 32.8 Å². The molecule has 0 aliphatic carbocycles. The van der Waals surface area contributed by atoms with Crippen LogP contribution < -0.4 is 16.6 Å². The lowest BCUT2D eigenvalue weighted by Gasteiger charge is -2.14. The summed E-state index contributed by atoms with van der Waals surface area (Å²) in [4.78, 5) is 9.31. The average Bonchev–Trinajstić information content (AvgIpc) is 2.78. The van der Waals surface area contributed by atoms with Gasteiger partial charge in [-0.2, -0.15) is 0 Å². The molecule has 0 fully saturated rings. The van der Waals surface area contributed by atoms with E-state index in [-0.39, 0.29) is 5.11 Å². The van der Waals surface area contributed by atoms with Gasteiger partial charge < -0.3 is 5.73 Å². The fourth-order valence-corrected chi connectivity index (χ4v) is 3.45. The molecule has 4 aromatic rings. The molecule has 0 atom stereocenters. The van der Waals surface area contributed by atoms with E-state index in [1.165, 1.54) is 0 Å². The van der Waals surface area contributed by atoms with Gasteiger partial charge in [0.15, 0.2) is 5.11 Å². The highest BCUT2D eigenvalue weighted by molar-refractivity contribution is 7.80. The van der Waals surface area contributed by atoms with E-state index in [2.05, 4.69) is 15.8 Å². The molecule has 0 saturated heterocycles. The maximum absolute atomic E-state index is 6.24. The minimum absolute atomic E-state index is 0.103. The normalized spacial score (nSPS) is 11.4. The summed E-state index contributed by atoms with van der Waals surface area (Å²) in [5.74, 6) is 0. The number of pyridine rings is 2. The number of hydrogen-bond donors (Lipinski definition) is 3. The molecule has 0 unspecified atom stereocenters. The van der Waals surface area contributed by atoms with Crippen LogP contribution in [0, 0.1) is 0 Å². The van der Waals surface area contributed by atoms with Crippen LogP contribution in [0.15, 0.2) is 72.9 Å². The number of nitrogens with two attached hydrogens (primary N) is 1. The Morgan fingerprint density at radius 1 is 0.903 bits per heavy atom. The number of nitrogens with one attached hydrogen (secondary N) is 2. The molecule has 0 spiro atoms. The van der Waals surface area contributed by atoms with Crippen LogP contribution in [0.1, 0.15) is 11.3 Å². The number of halogens is 2. The monoisotopic (exact) mass is 465 g/mol. The summed E-state index contributed by atoms with van der Waals surface area (Å²) in [5, 5.41) is 3.03. The molecule has 0 radical (unpaired) electrons. The first-order valence-corrected chi connectivity index (χ1v) is 10.5. The Kier molecular flexibility index (Phi) is 6.32. The van der Waals surface area contributed by atoms with E-state index in [9.17, 15) is 0 Å². The zero-order chi connectivity index (χ0) is 21.8. The molecule has 0 saturated carbocycles. The minimum atomic E-state index is 0.103.